The second kappa shape index (κ2) is 7.43. The van der Waals surface area contributed by atoms with E-state index in [2.05, 4.69) is 62.4 Å². The van der Waals surface area contributed by atoms with Gasteiger partial charge in [0, 0.05) is 17.8 Å². The second-order valence-corrected chi connectivity index (χ2v) is 7.66. The van der Waals surface area contributed by atoms with E-state index < -0.39 is 0 Å². The molecule has 0 unspecified atom stereocenters. The predicted octanol–water partition coefficient (Wildman–Crippen LogP) is 5.30. The fourth-order valence-electron chi connectivity index (χ4n) is 3.76. The molecule has 4 rings (SSSR count). The van der Waals surface area contributed by atoms with Gasteiger partial charge in [-0.2, -0.15) is 0 Å². The van der Waals surface area contributed by atoms with Crippen molar-refractivity contribution in [3.05, 3.63) is 82.4 Å². The van der Waals surface area contributed by atoms with Gasteiger partial charge in [0.2, 0.25) is 0 Å². The van der Waals surface area contributed by atoms with Gasteiger partial charge in [0.25, 0.3) is 0 Å². The molecule has 3 heteroatoms. The number of rotatable bonds is 4. The summed E-state index contributed by atoms with van der Waals surface area (Å²) in [5, 5.41) is 9.82. The van der Waals surface area contributed by atoms with E-state index in [4.69, 9.17) is 16.1 Å². The molecule has 0 spiro atoms. The Balaban J connectivity index is 1.63. The van der Waals surface area contributed by atoms with E-state index >= 15 is 0 Å². The lowest BCUT2D eigenvalue weighted by atomic mass is 9.90. The minimum atomic E-state index is 0.0996. The summed E-state index contributed by atoms with van der Waals surface area (Å²) in [5.41, 5.74) is 12.6. The van der Waals surface area contributed by atoms with Gasteiger partial charge >= 0.3 is 0 Å². The zero-order valence-electron chi connectivity index (χ0n) is 16.4. The van der Waals surface area contributed by atoms with Crippen LogP contribution in [0.15, 0.2) is 59.6 Å². The molecule has 0 bridgehead atoms. The molecule has 0 saturated carbocycles. The number of nitrogens with zero attached hydrogens (tertiary/aromatic N) is 1. The second-order valence-electron chi connectivity index (χ2n) is 7.66. The van der Waals surface area contributed by atoms with Crippen molar-refractivity contribution in [2.45, 2.75) is 20.3 Å². The monoisotopic (exact) mass is 367 g/mol. The standard InChI is InChI=1S/C25H25N3/c1-16(2)24-23-14-18(5-7-19(23)11-12-28-24)4-3-17-6-8-21-15-22(25(26)27)10-9-20(21)13-17/h3-10,13-16H,11-12H2,1-2H3,(H3,26,27)/b4-3+. The highest BCUT2D eigenvalue weighted by Gasteiger charge is 2.16. The van der Waals surface area contributed by atoms with Crippen LogP contribution in [0.5, 0.6) is 0 Å². The molecule has 0 aliphatic carbocycles. The van der Waals surface area contributed by atoms with Crippen molar-refractivity contribution in [3.8, 4) is 0 Å². The number of aliphatic imine (C=N–C) groups is 1. The van der Waals surface area contributed by atoms with Crippen molar-refractivity contribution in [2.75, 3.05) is 6.54 Å². The highest BCUT2D eigenvalue weighted by atomic mass is 14.8. The molecule has 1 aliphatic heterocycles. The number of benzene rings is 3. The van der Waals surface area contributed by atoms with Crippen LogP contribution >= 0.6 is 0 Å². The molecular weight excluding hydrogens is 342 g/mol. The Bertz CT molecular complexity index is 1120. The summed E-state index contributed by atoms with van der Waals surface area (Å²) in [5.74, 6) is 0.543. The summed E-state index contributed by atoms with van der Waals surface area (Å²) < 4.78 is 0. The number of nitrogens with one attached hydrogen (secondary N) is 1. The van der Waals surface area contributed by atoms with Crippen molar-refractivity contribution in [3.63, 3.8) is 0 Å². The summed E-state index contributed by atoms with van der Waals surface area (Å²) >= 11 is 0. The Hall–Kier alpha value is -3.20. The minimum Gasteiger partial charge on any atom is -0.384 e. The van der Waals surface area contributed by atoms with Gasteiger partial charge in [0.1, 0.15) is 5.84 Å². The Morgan fingerprint density at radius 1 is 0.964 bits per heavy atom. The number of nitrogen functional groups attached to an aromatic ring is 1. The molecule has 28 heavy (non-hydrogen) atoms. The summed E-state index contributed by atoms with van der Waals surface area (Å²) in [6.45, 7) is 5.32. The van der Waals surface area contributed by atoms with Crippen LogP contribution in [-0.2, 0) is 6.42 Å². The molecule has 1 aliphatic rings. The predicted molar refractivity (Wildman–Crippen MR) is 120 cm³/mol. The highest BCUT2D eigenvalue weighted by molar-refractivity contribution is 6.04. The zero-order valence-corrected chi connectivity index (χ0v) is 16.4. The van der Waals surface area contributed by atoms with Crippen molar-refractivity contribution >= 4 is 34.5 Å². The van der Waals surface area contributed by atoms with Crippen LogP contribution in [-0.4, -0.2) is 18.1 Å². The van der Waals surface area contributed by atoms with Crippen LogP contribution < -0.4 is 5.73 Å². The number of amidine groups is 1. The molecular formula is C25H25N3. The topological polar surface area (TPSA) is 62.2 Å². The molecule has 0 amide bonds. The molecule has 140 valence electrons. The minimum absolute atomic E-state index is 0.0996. The van der Waals surface area contributed by atoms with Gasteiger partial charge in [-0.1, -0.05) is 62.4 Å². The molecule has 0 saturated heterocycles. The van der Waals surface area contributed by atoms with E-state index in [9.17, 15) is 0 Å². The summed E-state index contributed by atoms with van der Waals surface area (Å²) in [7, 11) is 0. The molecule has 0 atom stereocenters. The number of fused-ring (bicyclic) bond motifs is 2. The van der Waals surface area contributed by atoms with Gasteiger partial charge in [0.15, 0.2) is 0 Å². The van der Waals surface area contributed by atoms with Gasteiger partial charge in [-0.15, -0.1) is 0 Å². The summed E-state index contributed by atoms with van der Waals surface area (Å²) in [6, 6.07) is 18.9. The first-order valence-corrected chi connectivity index (χ1v) is 9.75. The lowest BCUT2D eigenvalue weighted by Gasteiger charge is -2.20. The first-order valence-electron chi connectivity index (χ1n) is 9.75. The Kier molecular flexibility index (Phi) is 4.82. The van der Waals surface area contributed by atoms with E-state index in [0.29, 0.717) is 5.92 Å². The Morgan fingerprint density at radius 2 is 1.64 bits per heavy atom. The van der Waals surface area contributed by atoms with Crippen LogP contribution in [0.2, 0.25) is 0 Å². The summed E-state index contributed by atoms with van der Waals surface area (Å²) in [4.78, 5) is 4.75. The average molecular weight is 367 g/mol. The van der Waals surface area contributed by atoms with Crippen molar-refractivity contribution < 1.29 is 0 Å². The van der Waals surface area contributed by atoms with Crippen LogP contribution in [0.3, 0.4) is 0 Å². The number of hydrogen-bond acceptors (Lipinski definition) is 2. The maximum absolute atomic E-state index is 7.58. The number of hydrogen-bond donors (Lipinski definition) is 2. The first-order chi connectivity index (χ1) is 13.5. The maximum atomic E-state index is 7.58. The molecule has 3 N–H and O–H groups in total. The molecule has 0 fully saturated rings. The lowest BCUT2D eigenvalue weighted by molar-refractivity contribution is 0.839. The van der Waals surface area contributed by atoms with E-state index in [1.165, 1.54) is 22.4 Å². The molecule has 3 aromatic rings. The molecule has 0 radical (unpaired) electrons. The van der Waals surface area contributed by atoms with Gasteiger partial charge in [-0.05, 0) is 63.6 Å². The average Bonchev–Trinajstić information content (AvgIpc) is 2.70. The molecule has 0 aromatic heterocycles. The lowest BCUT2D eigenvalue weighted by Crippen LogP contribution is -2.18. The summed E-state index contributed by atoms with van der Waals surface area (Å²) in [6.07, 6.45) is 5.34. The van der Waals surface area contributed by atoms with Crippen molar-refractivity contribution in [1.82, 2.24) is 0 Å². The smallest absolute Gasteiger partial charge is 0.122 e. The first kappa shape index (κ1) is 18.2. The zero-order chi connectivity index (χ0) is 19.7. The van der Waals surface area contributed by atoms with Crippen molar-refractivity contribution in [1.29, 1.82) is 5.41 Å². The quantitative estimate of drug-likeness (QED) is 0.367. The molecule has 1 heterocycles. The van der Waals surface area contributed by atoms with Crippen molar-refractivity contribution in [2.24, 2.45) is 16.6 Å². The van der Waals surface area contributed by atoms with Crippen LogP contribution in [0.25, 0.3) is 22.9 Å². The fourth-order valence-corrected chi connectivity index (χ4v) is 3.76. The SMILES string of the molecule is CC(C)C1=NCCc2ccc(/C=C/c3ccc4cc(C(=N)N)ccc4c3)cc21. The van der Waals surface area contributed by atoms with Gasteiger partial charge < -0.3 is 5.73 Å². The van der Waals surface area contributed by atoms with Gasteiger partial charge in [0.05, 0.1) is 0 Å². The normalized spacial score (nSPS) is 13.8. The van der Waals surface area contributed by atoms with E-state index in [1.54, 1.807) is 0 Å². The highest BCUT2D eigenvalue weighted by Crippen LogP contribution is 2.24. The molecule has 3 nitrogen and oxygen atoms in total. The van der Waals surface area contributed by atoms with Gasteiger partial charge in [-0.25, -0.2) is 0 Å². The third kappa shape index (κ3) is 3.61. The third-order valence-corrected chi connectivity index (χ3v) is 5.26. The van der Waals surface area contributed by atoms with Crippen LogP contribution in [0.1, 0.15) is 41.7 Å². The largest absolute Gasteiger partial charge is 0.384 e. The maximum Gasteiger partial charge on any atom is 0.122 e. The third-order valence-electron chi connectivity index (χ3n) is 5.26. The van der Waals surface area contributed by atoms with Gasteiger partial charge in [-0.3, -0.25) is 10.4 Å². The van der Waals surface area contributed by atoms with Crippen LogP contribution in [0.4, 0.5) is 0 Å². The van der Waals surface area contributed by atoms with Crippen LogP contribution in [0, 0.1) is 11.3 Å². The van der Waals surface area contributed by atoms with E-state index in [-0.39, 0.29) is 5.84 Å². The fraction of sp³-hybridized carbons (Fsp3) is 0.200. The van der Waals surface area contributed by atoms with E-state index in [0.717, 1.165) is 34.9 Å². The number of nitrogens with two attached hydrogens (primary N) is 1. The van der Waals surface area contributed by atoms with E-state index in [1.807, 2.05) is 18.2 Å². The Morgan fingerprint density at radius 3 is 2.39 bits per heavy atom. The molecule has 3 aromatic carbocycles. The Labute approximate surface area is 166 Å².